The predicted octanol–water partition coefficient (Wildman–Crippen LogP) is 2.93. The minimum absolute atomic E-state index is 0.517. The second-order valence-corrected chi connectivity index (χ2v) is 12.1. The van der Waals surface area contributed by atoms with Crippen LogP contribution in [0.15, 0.2) is 37.1 Å². The summed E-state index contributed by atoms with van der Waals surface area (Å²) in [4.78, 5) is 8.71. The molecule has 0 fully saturated rings. The predicted molar refractivity (Wildman–Crippen MR) is 88.8 cm³/mol. The highest BCUT2D eigenvalue weighted by molar-refractivity contribution is 6.76. The normalized spacial score (nSPS) is 12.1. The van der Waals surface area contributed by atoms with Gasteiger partial charge in [-0.3, -0.25) is 0 Å². The highest BCUT2D eigenvalue weighted by Gasteiger charge is 2.13. The molecule has 0 aliphatic carbocycles. The van der Waals surface area contributed by atoms with Crippen LogP contribution in [-0.4, -0.2) is 39.0 Å². The van der Waals surface area contributed by atoms with Crippen molar-refractivity contribution >= 4 is 19.1 Å². The zero-order valence-corrected chi connectivity index (χ0v) is 14.2. The number of aromatic nitrogens is 5. The van der Waals surface area contributed by atoms with Gasteiger partial charge in [0.05, 0.1) is 5.39 Å². The highest BCUT2D eigenvalue weighted by atomic mass is 28.3. The highest BCUT2D eigenvalue weighted by Crippen LogP contribution is 2.19. The molecule has 3 rings (SSSR count). The molecule has 0 unspecified atom stereocenters. The van der Waals surface area contributed by atoms with E-state index in [0.29, 0.717) is 6.73 Å². The van der Waals surface area contributed by atoms with Crippen LogP contribution in [0.1, 0.15) is 0 Å². The maximum Gasteiger partial charge on any atom is 0.166 e. The SMILES string of the molecule is C[Si](C)(C)CCOCn1ccc2c(-n3cccn3)ncnc21. The number of hydrogen-bond donors (Lipinski definition) is 0. The van der Waals surface area contributed by atoms with E-state index in [2.05, 4.69) is 34.7 Å². The van der Waals surface area contributed by atoms with Crippen molar-refractivity contribution in [3.8, 4) is 5.82 Å². The van der Waals surface area contributed by atoms with Crippen molar-refractivity contribution in [2.24, 2.45) is 0 Å². The maximum absolute atomic E-state index is 5.81. The molecule has 7 heteroatoms. The Kier molecular flexibility index (Phi) is 4.08. The molecule has 0 spiro atoms. The zero-order valence-electron chi connectivity index (χ0n) is 13.2. The van der Waals surface area contributed by atoms with Crippen LogP contribution < -0.4 is 0 Å². The van der Waals surface area contributed by atoms with Crippen LogP contribution in [0, 0.1) is 0 Å². The number of hydrogen-bond acceptors (Lipinski definition) is 4. The molecule has 0 bridgehead atoms. The van der Waals surface area contributed by atoms with E-state index in [9.17, 15) is 0 Å². The smallest absolute Gasteiger partial charge is 0.166 e. The van der Waals surface area contributed by atoms with Crippen molar-refractivity contribution in [1.82, 2.24) is 24.3 Å². The van der Waals surface area contributed by atoms with Crippen molar-refractivity contribution in [2.45, 2.75) is 32.4 Å². The lowest BCUT2D eigenvalue weighted by atomic mass is 10.4. The summed E-state index contributed by atoms with van der Waals surface area (Å²) in [5.74, 6) is 0.788. The topological polar surface area (TPSA) is 57.8 Å². The Morgan fingerprint density at radius 3 is 2.77 bits per heavy atom. The van der Waals surface area contributed by atoms with Crippen molar-refractivity contribution in [3.05, 3.63) is 37.1 Å². The molecule has 6 nitrogen and oxygen atoms in total. The van der Waals surface area contributed by atoms with Gasteiger partial charge in [0.2, 0.25) is 0 Å². The first-order valence-electron chi connectivity index (χ1n) is 7.42. The third-order valence-electron chi connectivity index (χ3n) is 3.48. The Labute approximate surface area is 130 Å². The van der Waals surface area contributed by atoms with Crippen molar-refractivity contribution in [1.29, 1.82) is 0 Å². The molecular weight excluding hydrogens is 294 g/mol. The molecular formula is C15H21N5OSi. The van der Waals surface area contributed by atoms with Gasteiger partial charge in [0.25, 0.3) is 0 Å². The second kappa shape index (κ2) is 6.02. The summed E-state index contributed by atoms with van der Waals surface area (Å²) in [5, 5.41) is 5.21. The monoisotopic (exact) mass is 315 g/mol. The fourth-order valence-electron chi connectivity index (χ4n) is 2.21. The van der Waals surface area contributed by atoms with Gasteiger partial charge in [-0.2, -0.15) is 5.10 Å². The van der Waals surface area contributed by atoms with Gasteiger partial charge in [-0.25, -0.2) is 14.6 Å². The van der Waals surface area contributed by atoms with Crippen molar-refractivity contribution < 1.29 is 4.74 Å². The molecule has 0 N–H and O–H groups in total. The Morgan fingerprint density at radius 1 is 1.18 bits per heavy atom. The Bertz CT molecular complexity index is 745. The van der Waals surface area contributed by atoms with Gasteiger partial charge in [0.15, 0.2) is 5.82 Å². The molecule has 0 saturated carbocycles. The lowest BCUT2D eigenvalue weighted by molar-refractivity contribution is 0.0899. The number of rotatable bonds is 6. The van der Waals surface area contributed by atoms with Crippen LogP contribution in [0.5, 0.6) is 0 Å². The first-order chi connectivity index (χ1) is 10.5. The minimum Gasteiger partial charge on any atom is -0.361 e. The van der Waals surface area contributed by atoms with Crippen molar-refractivity contribution in [3.63, 3.8) is 0 Å². The molecule has 3 aromatic heterocycles. The fourth-order valence-corrected chi connectivity index (χ4v) is 2.97. The van der Waals surface area contributed by atoms with Crippen LogP contribution in [0.4, 0.5) is 0 Å². The first-order valence-corrected chi connectivity index (χ1v) is 11.1. The van der Waals surface area contributed by atoms with Gasteiger partial charge < -0.3 is 9.30 Å². The average Bonchev–Trinajstić information content (AvgIpc) is 3.12. The fraction of sp³-hybridized carbons (Fsp3) is 0.400. The van der Waals surface area contributed by atoms with Crippen LogP contribution in [-0.2, 0) is 11.5 Å². The van der Waals surface area contributed by atoms with E-state index in [0.717, 1.165) is 23.5 Å². The molecule has 0 aliphatic rings. The third-order valence-corrected chi connectivity index (χ3v) is 5.19. The summed E-state index contributed by atoms with van der Waals surface area (Å²) in [6.07, 6.45) is 7.17. The average molecular weight is 315 g/mol. The minimum atomic E-state index is -1.05. The Balaban J connectivity index is 1.77. The van der Waals surface area contributed by atoms with E-state index in [4.69, 9.17) is 4.74 Å². The second-order valence-electron chi connectivity index (χ2n) is 6.52. The van der Waals surface area contributed by atoms with Gasteiger partial charge in [0.1, 0.15) is 18.7 Å². The molecule has 0 radical (unpaired) electrons. The maximum atomic E-state index is 5.81. The van der Waals surface area contributed by atoms with E-state index < -0.39 is 8.07 Å². The van der Waals surface area contributed by atoms with Gasteiger partial charge in [-0.15, -0.1) is 0 Å². The molecule has 0 aromatic carbocycles. The molecule has 0 atom stereocenters. The largest absolute Gasteiger partial charge is 0.361 e. The molecule has 22 heavy (non-hydrogen) atoms. The van der Waals surface area contributed by atoms with E-state index in [1.54, 1.807) is 17.2 Å². The van der Waals surface area contributed by atoms with E-state index in [-0.39, 0.29) is 0 Å². The lowest BCUT2D eigenvalue weighted by Crippen LogP contribution is -2.22. The Hall–Kier alpha value is -1.99. The molecule has 3 aromatic rings. The van der Waals surface area contributed by atoms with Gasteiger partial charge >= 0.3 is 0 Å². The van der Waals surface area contributed by atoms with Crippen LogP contribution in [0.3, 0.4) is 0 Å². The first kappa shape index (κ1) is 14.9. The lowest BCUT2D eigenvalue weighted by Gasteiger charge is -2.15. The summed E-state index contributed by atoms with van der Waals surface area (Å²) >= 11 is 0. The molecule has 0 saturated heterocycles. The number of ether oxygens (including phenoxy) is 1. The summed E-state index contributed by atoms with van der Waals surface area (Å²) in [6, 6.07) is 5.05. The summed E-state index contributed by atoms with van der Waals surface area (Å²) in [7, 11) is -1.05. The van der Waals surface area contributed by atoms with Crippen LogP contribution >= 0.6 is 0 Å². The quantitative estimate of drug-likeness (QED) is 0.518. The molecule has 0 amide bonds. The van der Waals surface area contributed by atoms with E-state index in [1.807, 2.05) is 29.1 Å². The summed E-state index contributed by atoms with van der Waals surface area (Å²) in [6.45, 7) is 8.37. The van der Waals surface area contributed by atoms with Gasteiger partial charge in [-0.1, -0.05) is 19.6 Å². The molecule has 3 heterocycles. The third kappa shape index (κ3) is 3.25. The van der Waals surface area contributed by atoms with Crippen molar-refractivity contribution in [2.75, 3.05) is 6.61 Å². The van der Waals surface area contributed by atoms with Gasteiger partial charge in [0, 0.05) is 33.3 Å². The molecule has 0 aliphatic heterocycles. The van der Waals surface area contributed by atoms with Gasteiger partial charge in [-0.05, 0) is 18.2 Å². The number of nitrogens with zero attached hydrogens (tertiary/aromatic N) is 5. The summed E-state index contributed by atoms with van der Waals surface area (Å²) < 4.78 is 9.57. The summed E-state index contributed by atoms with van der Waals surface area (Å²) in [5.41, 5.74) is 0.869. The zero-order chi connectivity index (χ0) is 15.6. The standard InChI is InChI=1S/C15H21N5OSi/c1-22(2,3)10-9-21-12-19-8-5-13-14(19)16-11-17-15(13)20-7-4-6-18-20/h4-8,11H,9-10,12H2,1-3H3. The van der Waals surface area contributed by atoms with Crippen LogP contribution in [0.25, 0.3) is 16.9 Å². The molecule has 116 valence electrons. The van der Waals surface area contributed by atoms with E-state index in [1.165, 1.54) is 6.04 Å². The number of fused-ring (bicyclic) bond motifs is 1. The van der Waals surface area contributed by atoms with Crippen LogP contribution in [0.2, 0.25) is 25.7 Å². The van der Waals surface area contributed by atoms with E-state index >= 15 is 0 Å². The Morgan fingerprint density at radius 2 is 2.05 bits per heavy atom.